The Morgan fingerprint density at radius 2 is 1.65 bits per heavy atom. The first-order valence-corrected chi connectivity index (χ1v) is 9.26. The van der Waals surface area contributed by atoms with Crippen LogP contribution in [-0.4, -0.2) is 32.9 Å². The molecule has 1 amide bonds. The summed E-state index contributed by atoms with van der Waals surface area (Å²) in [5, 5.41) is 2.48. The van der Waals surface area contributed by atoms with E-state index in [1.165, 1.54) is 31.2 Å². The van der Waals surface area contributed by atoms with E-state index >= 15 is 0 Å². The zero-order valence-electron chi connectivity index (χ0n) is 14.0. The largest absolute Gasteiger partial charge is 0.325 e. The Balaban J connectivity index is 2.19. The topological polar surface area (TPSA) is 83.6 Å². The van der Waals surface area contributed by atoms with Crippen molar-refractivity contribution in [2.75, 3.05) is 22.4 Å². The lowest BCUT2D eigenvalue weighted by Gasteiger charge is -2.22. The molecule has 1 N–H and O–H groups in total. The molecule has 2 aromatic carbocycles. The average molecular weight is 382 g/mol. The molecule has 2 rings (SSSR count). The fraction of sp³-hybridized carbons (Fsp3) is 0.176. The molecule has 0 spiro atoms. The maximum atomic E-state index is 13.4. The molecule has 0 saturated carbocycles. The van der Waals surface area contributed by atoms with Crippen molar-refractivity contribution >= 4 is 33.1 Å². The first-order chi connectivity index (χ1) is 12.1. The number of hydrogen-bond donors (Lipinski definition) is 1. The summed E-state index contributed by atoms with van der Waals surface area (Å²) in [6, 6.07) is 8.57. The van der Waals surface area contributed by atoms with Crippen molar-refractivity contribution < 1.29 is 26.8 Å². The van der Waals surface area contributed by atoms with Gasteiger partial charge in [0.15, 0.2) is 17.4 Å². The number of benzene rings is 2. The van der Waals surface area contributed by atoms with E-state index in [-0.39, 0.29) is 11.5 Å². The Kier molecular flexibility index (Phi) is 5.71. The molecule has 0 bridgehead atoms. The number of nitrogens with one attached hydrogen (secondary N) is 1. The van der Waals surface area contributed by atoms with Crippen molar-refractivity contribution in [3.8, 4) is 0 Å². The molecule has 0 saturated heterocycles. The second kappa shape index (κ2) is 7.61. The van der Waals surface area contributed by atoms with Gasteiger partial charge < -0.3 is 5.32 Å². The molecule has 0 aliphatic carbocycles. The van der Waals surface area contributed by atoms with Gasteiger partial charge >= 0.3 is 0 Å². The Hall–Kier alpha value is -2.81. The summed E-state index contributed by atoms with van der Waals surface area (Å²) < 4.78 is 51.0. The highest BCUT2D eigenvalue weighted by Crippen LogP contribution is 2.20. The van der Waals surface area contributed by atoms with Gasteiger partial charge in [-0.15, -0.1) is 0 Å². The van der Waals surface area contributed by atoms with Crippen LogP contribution in [0.25, 0.3) is 0 Å². The maximum Gasteiger partial charge on any atom is 0.245 e. The van der Waals surface area contributed by atoms with Crippen LogP contribution >= 0.6 is 0 Å². The Morgan fingerprint density at radius 1 is 1.04 bits per heavy atom. The van der Waals surface area contributed by atoms with E-state index in [1.54, 1.807) is 0 Å². The Labute approximate surface area is 149 Å². The third kappa shape index (κ3) is 4.85. The lowest BCUT2D eigenvalue weighted by Crippen LogP contribution is -2.37. The minimum Gasteiger partial charge on any atom is -0.325 e. The molecule has 26 heavy (non-hydrogen) atoms. The highest BCUT2D eigenvalue weighted by molar-refractivity contribution is 7.92. The van der Waals surface area contributed by atoms with Gasteiger partial charge in [-0.05, 0) is 43.3 Å². The highest BCUT2D eigenvalue weighted by Gasteiger charge is 2.22. The first kappa shape index (κ1) is 19.5. The normalized spacial score (nSPS) is 11.1. The van der Waals surface area contributed by atoms with Gasteiger partial charge in [0, 0.05) is 17.3 Å². The molecule has 0 radical (unpaired) electrons. The van der Waals surface area contributed by atoms with Crippen molar-refractivity contribution in [1.82, 2.24) is 0 Å². The molecule has 0 aromatic heterocycles. The van der Waals surface area contributed by atoms with E-state index < -0.39 is 34.1 Å². The zero-order chi connectivity index (χ0) is 19.5. The number of amides is 1. The van der Waals surface area contributed by atoms with E-state index in [2.05, 4.69) is 5.32 Å². The van der Waals surface area contributed by atoms with Crippen molar-refractivity contribution in [3.05, 3.63) is 59.7 Å². The molecular formula is C17H16F2N2O4S. The van der Waals surface area contributed by atoms with Crippen molar-refractivity contribution in [2.24, 2.45) is 0 Å². The summed E-state index contributed by atoms with van der Waals surface area (Å²) in [5.74, 6) is -3.17. The van der Waals surface area contributed by atoms with E-state index in [0.717, 1.165) is 18.4 Å². The number of rotatable bonds is 6. The Bertz CT molecular complexity index is 944. The van der Waals surface area contributed by atoms with E-state index in [1.807, 2.05) is 0 Å². The number of Topliss-reactive ketones (excluding diaryl/α,β-unsaturated/α-hetero) is 1. The monoisotopic (exact) mass is 382 g/mol. The van der Waals surface area contributed by atoms with Crippen molar-refractivity contribution in [1.29, 1.82) is 0 Å². The minimum atomic E-state index is -3.91. The molecule has 6 nitrogen and oxygen atoms in total. The second-order valence-electron chi connectivity index (χ2n) is 5.55. The van der Waals surface area contributed by atoms with Gasteiger partial charge in [0.2, 0.25) is 15.9 Å². The van der Waals surface area contributed by atoms with Crippen LogP contribution in [0.5, 0.6) is 0 Å². The SMILES string of the molecule is CC(=O)c1ccc(NC(=O)CN(c2ccc(F)c(F)c2)S(C)(=O)=O)cc1. The molecule has 138 valence electrons. The number of ketones is 1. The third-order valence-electron chi connectivity index (χ3n) is 3.45. The van der Waals surface area contributed by atoms with Gasteiger partial charge in [-0.2, -0.15) is 0 Å². The maximum absolute atomic E-state index is 13.4. The average Bonchev–Trinajstić information content (AvgIpc) is 2.55. The summed E-state index contributed by atoms with van der Waals surface area (Å²) in [6.07, 6.45) is 0.850. The summed E-state index contributed by atoms with van der Waals surface area (Å²) in [5.41, 5.74) is 0.648. The number of carbonyl (C=O) groups excluding carboxylic acids is 2. The standard InChI is InChI=1S/C17H16F2N2O4S/c1-11(22)12-3-5-13(6-4-12)20-17(23)10-21(26(2,24)25)14-7-8-15(18)16(19)9-14/h3-9H,10H2,1-2H3,(H,20,23). The number of nitrogens with zero attached hydrogens (tertiary/aromatic N) is 1. The summed E-state index contributed by atoms with van der Waals surface area (Å²) in [4.78, 5) is 23.4. The summed E-state index contributed by atoms with van der Waals surface area (Å²) in [7, 11) is -3.91. The van der Waals surface area contributed by atoms with E-state index in [9.17, 15) is 26.8 Å². The quantitative estimate of drug-likeness (QED) is 0.779. The van der Waals surface area contributed by atoms with Gasteiger partial charge in [-0.1, -0.05) is 0 Å². The molecule has 0 fully saturated rings. The molecule has 2 aromatic rings. The lowest BCUT2D eigenvalue weighted by molar-refractivity contribution is -0.114. The van der Waals surface area contributed by atoms with Gasteiger partial charge in [0.25, 0.3) is 0 Å². The van der Waals surface area contributed by atoms with Crippen LogP contribution in [0, 0.1) is 11.6 Å². The predicted molar refractivity (Wildman–Crippen MR) is 93.6 cm³/mol. The van der Waals surface area contributed by atoms with E-state index in [4.69, 9.17) is 0 Å². The zero-order valence-corrected chi connectivity index (χ0v) is 14.8. The third-order valence-corrected chi connectivity index (χ3v) is 4.59. The van der Waals surface area contributed by atoms with Gasteiger partial charge in [0.05, 0.1) is 11.9 Å². The van der Waals surface area contributed by atoms with Crippen LogP contribution in [0.3, 0.4) is 0 Å². The van der Waals surface area contributed by atoms with E-state index in [0.29, 0.717) is 21.6 Å². The van der Waals surface area contributed by atoms with Crippen LogP contribution in [0.1, 0.15) is 17.3 Å². The second-order valence-corrected chi connectivity index (χ2v) is 7.46. The first-order valence-electron chi connectivity index (χ1n) is 7.41. The van der Waals surface area contributed by atoms with Crippen LogP contribution < -0.4 is 9.62 Å². The van der Waals surface area contributed by atoms with Crippen LogP contribution in [0.2, 0.25) is 0 Å². The Morgan fingerprint density at radius 3 is 2.15 bits per heavy atom. The molecule has 0 unspecified atom stereocenters. The molecular weight excluding hydrogens is 366 g/mol. The fourth-order valence-corrected chi connectivity index (χ4v) is 3.01. The molecule has 0 aliphatic heterocycles. The molecule has 9 heteroatoms. The van der Waals surface area contributed by atoms with Crippen molar-refractivity contribution in [2.45, 2.75) is 6.92 Å². The molecule has 0 heterocycles. The van der Waals surface area contributed by atoms with Crippen molar-refractivity contribution in [3.63, 3.8) is 0 Å². The highest BCUT2D eigenvalue weighted by atomic mass is 32.2. The lowest BCUT2D eigenvalue weighted by atomic mass is 10.1. The number of anilines is 2. The minimum absolute atomic E-state index is 0.135. The van der Waals surface area contributed by atoms with Gasteiger partial charge in [-0.25, -0.2) is 17.2 Å². The number of hydrogen-bond acceptors (Lipinski definition) is 4. The fourth-order valence-electron chi connectivity index (χ4n) is 2.16. The van der Waals surface area contributed by atoms with Crippen LogP contribution in [0.4, 0.5) is 20.2 Å². The van der Waals surface area contributed by atoms with Crippen LogP contribution in [-0.2, 0) is 14.8 Å². The smallest absolute Gasteiger partial charge is 0.245 e. The summed E-state index contributed by atoms with van der Waals surface area (Å²) >= 11 is 0. The summed E-state index contributed by atoms with van der Waals surface area (Å²) in [6.45, 7) is 0.776. The number of halogens is 2. The molecule has 0 atom stereocenters. The van der Waals surface area contributed by atoms with Crippen LogP contribution in [0.15, 0.2) is 42.5 Å². The number of carbonyl (C=O) groups is 2. The predicted octanol–water partition coefficient (Wildman–Crippen LogP) is 2.57. The van der Waals surface area contributed by atoms with Gasteiger partial charge in [0.1, 0.15) is 6.54 Å². The number of sulfonamides is 1. The van der Waals surface area contributed by atoms with Gasteiger partial charge in [-0.3, -0.25) is 13.9 Å². The molecule has 0 aliphatic rings.